The quantitative estimate of drug-likeness (QED) is 0.514. The maximum absolute atomic E-state index is 2.44. The van der Waals surface area contributed by atoms with Crippen LogP contribution in [-0.4, -0.2) is 25.0 Å². The molecule has 68 valence electrons. The second kappa shape index (κ2) is 8.06. The standard InChI is InChI=1S/C10H23N/c1-4-6-8-10-11(3)9-7-5-2/h4-10H2,1-3H3. The fourth-order valence-corrected chi connectivity index (χ4v) is 1.17. The normalized spacial score (nSPS) is 10.9. The van der Waals surface area contributed by atoms with Crippen LogP contribution in [0.15, 0.2) is 0 Å². The summed E-state index contributed by atoms with van der Waals surface area (Å²) in [5, 5.41) is 0. The second-order valence-electron chi connectivity index (χ2n) is 3.36. The Labute approximate surface area is 71.8 Å². The van der Waals surface area contributed by atoms with Crippen molar-refractivity contribution >= 4 is 0 Å². The molecule has 0 aliphatic heterocycles. The van der Waals surface area contributed by atoms with E-state index < -0.39 is 0 Å². The van der Waals surface area contributed by atoms with E-state index in [-0.39, 0.29) is 0 Å². The van der Waals surface area contributed by atoms with Gasteiger partial charge < -0.3 is 4.90 Å². The van der Waals surface area contributed by atoms with E-state index in [0.717, 1.165) is 0 Å². The second-order valence-corrected chi connectivity index (χ2v) is 3.36. The first-order chi connectivity index (χ1) is 5.31. The van der Waals surface area contributed by atoms with Crippen molar-refractivity contribution in [2.45, 2.75) is 46.0 Å². The average Bonchev–Trinajstić information content (AvgIpc) is 2.01. The Morgan fingerprint density at radius 3 is 1.91 bits per heavy atom. The maximum atomic E-state index is 2.44. The van der Waals surface area contributed by atoms with E-state index in [9.17, 15) is 0 Å². The summed E-state index contributed by atoms with van der Waals surface area (Å²) < 4.78 is 0. The predicted molar refractivity (Wildman–Crippen MR) is 51.9 cm³/mol. The summed E-state index contributed by atoms with van der Waals surface area (Å²) in [6, 6.07) is 0. The van der Waals surface area contributed by atoms with Crippen LogP contribution in [0.1, 0.15) is 46.0 Å². The lowest BCUT2D eigenvalue weighted by Crippen LogP contribution is -2.20. The van der Waals surface area contributed by atoms with Crippen LogP contribution in [0.5, 0.6) is 0 Å². The first-order valence-electron chi connectivity index (χ1n) is 4.99. The molecule has 0 bridgehead atoms. The SMILES string of the molecule is CCCCCN(C)CCCC. The zero-order valence-corrected chi connectivity index (χ0v) is 8.40. The highest BCUT2D eigenvalue weighted by Crippen LogP contribution is 1.97. The van der Waals surface area contributed by atoms with Crippen molar-refractivity contribution in [1.29, 1.82) is 0 Å². The molecule has 0 fully saturated rings. The summed E-state index contributed by atoms with van der Waals surface area (Å²) in [7, 11) is 2.23. The van der Waals surface area contributed by atoms with Crippen molar-refractivity contribution in [3.63, 3.8) is 0 Å². The van der Waals surface area contributed by atoms with Crippen molar-refractivity contribution in [3.05, 3.63) is 0 Å². The average molecular weight is 157 g/mol. The molecule has 0 atom stereocenters. The van der Waals surface area contributed by atoms with Crippen molar-refractivity contribution in [3.8, 4) is 0 Å². The highest BCUT2D eigenvalue weighted by atomic mass is 15.1. The molecule has 0 heterocycles. The number of hydrogen-bond donors (Lipinski definition) is 0. The van der Waals surface area contributed by atoms with Crippen LogP contribution in [0.25, 0.3) is 0 Å². The summed E-state index contributed by atoms with van der Waals surface area (Å²) in [5.74, 6) is 0. The summed E-state index contributed by atoms with van der Waals surface area (Å²) in [5.41, 5.74) is 0. The van der Waals surface area contributed by atoms with E-state index in [1.807, 2.05) is 0 Å². The lowest BCUT2D eigenvalue weighted by atomic mass is 10.2. The van der Waals surface area contributed by atoms with Crippen LogP contribution in [-0.2, 0) is 0 Å². The van der Waals surface area contributed by atoms with Gasteiger partial charge in [-0.2, -0.15) is 0 Å². The van der Waals surface area contributed by atoms with Gasteiger partial charge in [0.25, 0.3) is 0 Å². The van der Waals surface area contributed by atoms with Crippen LogP contribution in [0.2, 0.25) is 0 Å². The highest BCUT2D eigenvalue weighted by molar-refractivity contribution is 4.50. The first kappa shape index (κ1) is 11.0. The fourth-order valence-electron chi connectivity index (χ4n) is 1.17. The largest absolute Gasteiger partial charge is 0.306 e. The van der Waals surface area contributed by atoms with Gasteiger partial charge in [0.2, 0.25) is 0 Å². The Morgan fingerprint density at radius 2 is 1.36 bits per heavy atom. The minimum atomic E-state index is 1.28. The number of hydrogen-bond acceptors (Lipinski definition) is 1. The third kappa shape index (κ3) is 7.86. The van der Waals surface area contributed by atoms with E-state index in [4.69, 9.17) is 0 Å². The molecular formula is C10H23N. The minimum Gasteiger partial charge on any atom is -0.306 e. The van der Waals surface area contributed by atoms with Crippen LogP contribution in [0, 0.1) is 0 Å². The zero-order valence-electron chi connectivity index (χ0n) is 8.40. The van der Waals surface area contributed by atoms with Crippen LogP contribution in [0.4, 0.5) is 0 Å². The van der Waals surface area contributed by atoms with Crippen LogP contribution >= 0.6 is 0 Å². The van der Waals surface area contributed by atoms with Crippen molar-refractivity contribution in [1.82, 2.24) is 4.90 Å². The molecular weight excluding hydrogens is 134 g/mol. The fraction of sp³-hybridized carbons (Fsp3) is 1.00. The van der Waals surface area contributed by atoms with Crippen LogP contribution < -0.4 is 0 Å². The van der Waals surface area contributed by atoms with Gasteiger partial charge in [0.05, 0.1) is 0 Å². The van der Waals surface area contributed by atoms with E-state index >= 15 is 0 Å². The molecule has 0 aromatic heterocycles. The van der Waals surface area contributed by atoms with Gasteiger partial charge in [-0.05, 0) is 33.0 Å². The Morgan fingerprint density at radius 1 is 0.818 bits per heavy atom. The molecule has 0 radical (unpaired) electrons. The lowest BCUT2D eigenvalue weighted by molar-refractivity contribution is 0.320. The minimum absolute atomic E-state index is 1.28. The molecule has 0 saturated carbocycles. The highest BCUT2D eigenvalue weighted by Gasteiger charge is 1.95. The smallest absolute Gasteiger partial charge is 0.00218 e. The van der Waals surface area contributed by atoms with Gasteiger partial charge >= 0.3 is 0 Å². The monoisotopic (exact) mass is 157 g/mol. The molecule has 0 saturated heterocycles. The lowest BCUT2D eigenvalue weighted by Gasteiger charge is -2.15. The summed E-state index contributed by atoms with van der Waals surface area (Å²) in [6.07, 6.45) is 6.76. The molecule has 0 unspecified atom stereocenters. The number of rotatable bonds is 7. The van der Waals surface area contributed by atoms with Gasteiger partial charge in [0.1, 0.15) is 0 Å². The van der Waals surface area contributed by atoms with Gasteiger partial charge in [0, 0.05) is 0 Å². The topological polar surface area (TPSA) is 3.24 Å². The molecule has 0 amide bonds. The third-order valence-corrected chi connectivity index (χ3v) is 2.04. The molecule has 0 rings (SSSR count). The van der Waals surface area contributed by atoms with Crippen LogP contribution in [0.3, 0.4) is 0 Å². The van der Waals surface area contributed by atoms with Gasteiger partial charge in [-0.15, -0.1) is 0 Å². The van der Waals surface area contributed by atoms with Gasteiger partial charge in [0.15, 0.2) is 0 Å². The van der Waals surface area contributed by atoms with Gasteiger partial charge in [-0.25, -0.2) is 0 Å². The summed E-state index contributed by atoms with van der Waals surface area (Å²) in [6.45, 7) is 7.07. The van der Waals surface area contributed by atoms with Gasteiger partial charge in [-0.1, -0.05) is 33.1 Å². The third-order valence-electron chi connectivity index (χ3n) is 2.04. The van der Waals surface area contributed by atoms with E-state index in [1.54, 1.807) is 0 Å². The molecule has 1 heteroatoms. The molecule has 1 nitrogen and oxygen atoms in total. The van der Waals surface area contributed by atoms with Crippen molar-refractivity contribution < 1.29 is 0 Å². The molecule has 0 aromatic rings. The first-order valence-corrected chi connectivity index (χ1v) is 4.99. The van der Waals surface area contributed by atoms with E-state index in [0.29, 0.717) is 0 Å². The number of unbranched alkanes of at least 4 members (excludes halogenated alkanes) is 3. The predicted octanol–water partition coefficient (Wildman–Crippen LogP) is 2.91. The molecule has 0 N–H and O–H groups in total. The van der Waals surface area contributed by atoms with Gasteiger partial charge in [-0.3, -0.25) is 0 Å². The molecule has 0 aliphatic rings. The maximum Gasteiger partial charge on any atom is -0.00218 e. The Bertz CT molecular complexity index is 71.3. The summed E-state index contributed by atoms with van der Waals surface area (Å²) >= 11 is 0. The Balaban J connectivity index is 3.02. The summed E-state index contributed by atoms with van der Waals surface area (Å²) in [4.78, 5) is 2.44. The van der Waals surface area contributed by atoms with Crippen molar-refractivity contribution in [2.24, 2.45) is 0 Å². The van der Waals surface area contributed by atoms with Crippen molar-refractivity contribution in [2.75, 3.05) is 20.1 Å². The van der Waals surface area contributed by atoms with E-state index in [1.165, 1.54) is 45.2 Å². The number of nitrogens with zero attached hydrogens (tertiary/aromatic N) is 1. The molecule has 11 heavy (non-hydrogen) atoms. The molecule has 0 spiro atoms. The van der Waals surface area contributed by atoms with E-state index in [2.05, 4.69) is 25.8 Å². The molecule has 0 aliphatic carbocycles. The Kier molecular flexibility index (Phi) is 8.03. The molecule has 0 aromatic carbocycles. The zero-order chi connectivity index (χ0) is 8.53. The Hall–Kier alpha value is -0.0400.